The quantitative estimate of drug-likeness (QED) is 0.616. The lowest BCUT2D eigenvalue weighted by Gasteiger charge is -2.31. The Balaban J connectivity index is 1.37. The lowest BCUT2D eigenvalue weighted by molar-refractivity contribution is 0.253. The Morgan fingerprint density at radius 2 is 1.79 bits per heavy atom. The zero-order valence-corrected chi connectivity index (χ0v) is 17.6. The van der Waals surface area contributed by atoms with Crippen LogP contribution in [0.4, 0.5) is 0 Å². The summed E-state index contributed by atoms with van der Waals surface area (Å²) in [6, 6.07) is 17.9. The average molecular weight is 410 g/mol. The number of aryl methyl sites for hydroxylation is 1. The van der Waals surface area contributed by atoms with Crippen molar-refractivity contribution in [2.45, 2.75) is 32.1 Å². The Bertz CT molecular complexity index is 1050. The second kappa shape index (κ2) is 8.51. The van der Waals surface area contributed by atoms with Crippen molar-refractivity contribution < 1.29 is 8.42 Å². The highest BCUT2D eigenvalue weighted by molar-refractivity contribution is 7.88. The molecule has 0 amide bonds. The maximum atomic E-state index is 12.8. The summed E-state index contributed by atoms with van der Waals surface area (Å²) >= 11 is 0. The summed E-state index contributed by atoms with van der Waals surface area (Å²) in [6.07, 6.45) is 5.60. The SMILES string of the molecule is Cc1cccc(CS(=O)(=O)N2CCC(Cn3ccnc3-c3ccccc3)CC2)c1. The van der Waals surface area contributed by atoms with Gasteiger partial charge in [-0.2, -0.15) is 0 Å². The van der Waals surface area contributed by atoms with Gasteiger partial charge in [0.05, 0.1) is 5.75 Å². The third-order valence-corrected chi connectivity index (χ3v) is 7.45. The molecule has 1 aromatic heterocycles. The molecule has 0 bridgehead atoms. The molecule has 0 atom stereocenters. The molecule has 152 valence electrons. The Hall–Kier alpha value is -2.44. The largest absolute Gasteiger partial charge is 0.331 e. The van der Waals surface area contributed by atoms with E-state index in [2.05, 4.69) is 21.7 Å². The summed E-state index contributed by atoms with van der Waals surface area (Å²) in [5.74, 6) is 1.51. The number of hydrogen-bond donors (Lipinski definition) is 0. The van der Waals surface area contributed by atoms with Gasteiger partial charge in [0.15, 0.2) is 0 Å². The first-order chi connectivity index (χ1) is 14.0. The Kier molecular flexibility index (Phi) is 5.83. The van der Waals surface area contributed by atoms with Gasteiger partial charge in [0, 0.05) is 37.6 Å². The number of piperidine rings is 1. The molecular formula is C23H27N3O2S. The number of hydrogen-bond acceptors (Lipinski definition) is 3. The first-order valence-electron chi connectivity index (χ1n) is 10.1. The smallest absolute Gasteiger partial charge is 0.218 e. The number of nitrogens with zero attached hydrogens (tertiary/aromatic N) is 3. The molecular weight excluding hydrogens is 382 g/mol. The van der Waals surface area contributed by atoms with Crippen LogP contribution in [0.2, 0.25) is 0 Å². The van der Waals surface area contributed by atoms with E-state index in [0.29, 0.717) is 19.0 Å². The van der Waals surface area contributed by atoms with Gasteiger partial charge < -0.3 is 4.57 Å². The van der Waals surface area contributed by atoms with E-state index < -0.39 is 10.0 Å². The van der Waals surface area contributed by atoms with E-state index >= 15 is 0 Å². The monoisotopic (exact) mass is 409 g/mol. The maximum absolute atomic E-state index is 12.8. The first-order valence-corrected chi connectivity index (χ1v) is 11.7. The molecule has 5 nitrogen and oxygen atoms in total. The van der Waals surface area contributed by atoms with Gasteiger partial charge in [-0.05, 0) is 31.2 Å². The fourth-order valence-corrected chi connectivity index (χ4v) is 5.61. The van der Waals surface area contributed by atoms with E-state index in [1.807, 2.05) is 61.8 Å². The topological polar surface area (TPSA) is 55.2 Å². The van der Waals surface area contributed by atoms with Crippen LogP contribution in [-0.2, 0) is 22.3 Å². The van der Waals surface area contributed by atoms with Gasteiger partial charge in [0.1, 0.15) is 5.82 Å². The highest BCUT2D eigenvalue weighted by Gasteiger charge is 2.28. The molecule has 1 fully saturated rings. The Morgan fingerprint density at radius 3 is 2.52 bits per heavy atom. The summed E-state index contributed by atoms with van der Waals surface area (Å²) in [4.78, 5) is 4.52. The minimum absolute atomic E-state index is 0.0824. The van der Waals surface area contributed by atoms with Crippen molar-refractivity contribution in [3.8, 4) is 11.4 Å². The summed E-state index contributed by atoms with van der Waals surface area (Å²) in [6.45, 7) is 4.04. The maximum Gasteiger partial charge on any atom is 0.218 e. The van der Waals surface area contributed by atoms with E-state index in [1.165, 1.54) is 0 Å². The average Bonchev–Trinajstić information content (AvgIpc) is 3.17. The highest BCUT2D eigenvalue weighted by atomic mass is 32.2. The summed E-state index contributed by atoms with van der Waals surface area (Å²) in [5.41, 5.74) is 3.06. The van der Waals surface area contributed by atoms with Crippen molar-refractivity contribution in [3.05, 3.63) is 78.1 Å². The molecule has 0 saturated carbocycles. The lowest BCUT2D eigenvalue weighted by Crippen LogP contribution is -2.39. The Labute approximate surface area is 173 Å². The van der Waals surface area contributed by atoms with E-state index in [4.69, 9.17) is 0 Å². The van der Waals surface area contributed by atoms with Crippen molar-refractivity contribution in [1.82, 2.24) is 13.9 Å². The fraction of sp³-hybridized carbons (Fsp3) is 0.348. The van der Waals surface area contributed by atoms with Gasteiger partial charge in [0.25, 0.3) is 0 Å². The molecule has 1 aliphatic heterocycles. The minimum Gasteiger partial charge on any atom is -0.331 e. The van der Waals surface area contributed by atoms with Crippen molar-refractivity contribution >= 4 is 10.0 Å². The predicted octanol–water partition coefficient (Wildman–Crippen LogP) is 4.10. The predicted molar refractivity (Wildman–Crippen MR) is 116 cm³/mol. The second-order valence-corrected chi connectivity index (χ2v) is 9.83. The molecule has 0 N–H and O–H groups in total. The standard InChI is InChI=1S/C23H27N3O2S/c1-19-6-5-7-21(16-19)18-29(27,28)26-13-10-20(11-14-26)17-25-15-12-24-23(25)22-8-3-2-4-9-22/h2-9,12,15-16,20H,10-11,13-14,17-18H2,1H3. The molecule has 6 heteroatoms. The van der Waals surface area contributed by atoms with E-state index in [0.717, 1.165) is 41.9 Å². The molecule has 0 radical (unpaired) electrons. The normalized spacial score (nSPS) is 16.2. The lowest BCUT2D eigenvalue weighted by atomic mass is 9.98. The van der Waals surface area contributed by atoms with Gasteiger partial charge in [-0.25, -0.2) is 17.7 Å². The molecule has 29 heavy (non-hydrogen) atoms. The number of sulfonamides is 1. The molecule has 2 aromatic carbocycles. The van der Waals surface area contributed by atoms with Crippen molar-refractivity contribution in [3.63, 3.8) is 0 Å². The van der Waals surface area contributed by atoms with Crippen LogP contribution in [-0.4, -0.2) is 35.4 Å². The van der Waals surface area contributed by atoms with Crippen LogP contribution in [0, 0.1) is 12.8 Å². The molecule has 1 saturated heterocycles. The van der Waals surface area contributed by atoms with Crippen LogP contribution in [0.25, 0.3) is 11.4 Å². The second-order valence-electron chi connectivity index (χ2n) is 7.86. The summed E-state index contributed by atoms with van der Waals surface area (Å²) < 4.78 is 29.5. The van der Waals surface area contributed by atoms with Crippen molar-refractivity contribution in [2.75, 3.05) is 13.1 Å². The van der Waals surface area contributed by atoms with Crippen LogP contribution in [0.3, 0.4) is 0 Å². The van der Waals surface area contributed by atoms with Crippen LogP contribution < -0.4 is 0 Å². The van der Waals surface area contributed by atoms with Crippen LogP contribution in [0.15, 0.2) is 67.0 Å². The minimum atomic E-state index is -3.28. The van der Waals surface area contributed by atoms with Gasteiger partial charge in [-0.1, -0.05) is 60.2 Å². The van der Waals surface area contributed by atoms with Gasteiger partial charge in [-0.3, -0.25) is 0 Å². The zero-order chi connectivity index (χ0) is 20.3. The van der Waals surface area contributed by atoms with Gasteiger partial charge in [0.2, 0.25) is 10.0 Å². The molecule has 4 rings (SSSR count). The zero-order valence-electron chi connectivity index (χ0n) is 16.7. The number of imidazole rings is 1. The third kappa shape index (κ3) is 4.77. The van der Waals surface area contributed by atoms with E-state index in [9.17, 15) is 8.42 Å². The molecule has 0 spiro atoms. The number of rotatable bonds is 6. The van der Waals surface area contributed by atoms with Crippen LogP contribution in [0.1, 0.15) is 24.0 Å². The molecule has 1 aliphatic rings. The fourth-order valence-electron chi connectivity index (χ4n) is 4.06. The van der Waals surface area contributed by atoms with Crippen LogP contribution >= 0.6 is 0 Å². The first kappa shape index (κ1) is 19.9. The summed E-state index contributed by atoms with van der Waals surface area (Å²) in [7, 11) is -3.28. The van der Waals surface area contributed by atoms with Gasteiger partial charge >= 0.3 is 0 Å². The van der Waals surface area contributed by atoms with Crippen LogP contribution in [0.5, 0.6) is 0 Å². The van der Waals surface area contributed by atoms with Gasteiger partial charge in [-0.15, -0.1) is 0 Å². The number of benzene rings is 2. The van der Waals surface area contributed by atoms with Crippen molar-refractivity contribution in [1.29, 1.82) is 0 Å². The molecule has 2 heterocycles. The molecule has 0 unspecified atom stereocenters. The van der Waals surface area contributed by atoms with Crippen molar-refractivity contribution in [2.24, 2.45) is 5.92 Å². The molecule has 3 aromatic rings. The van der Waals surface area contributed by atoms with E-state index in [-0.39, 0.29) is 5.75 Å². The third-order valence-electron chi connectivity index (χ3n) is 5.60. The Morgan fingerprint density at radius 1 is 1.03 bits per heavy atom. The summed E-state index contributed by atoms with van der Waals surface area (Å²) in [5, 5.41) is 0. The van der Waals surface area contributed by atoms with E-state index in [1.54, 1.807) is 4.31 Å². The highest BCUT2D eigenvalue weighted by Crippen LogP contribution is 2.25. The molecule has 0 aliphatic carbocycles. The number of aromatic nitrogens is 2.